The number of amides is 1. The molecule has 2 fully saturated rings. The van der Waals surface area contributed by atoms with E-state index >= 15 is 0 Å². The van der Waals surface area contributed by atoms with Gasteiger partial charge in [-0.25, -0.2) is 4.98 Å². The van der Waals surface area contributed by atoms with E-state index in [9.17, 15) is 4.79 Å². The minimum atomic E-state index is -0.0799. The van der Waals surface area contributed by atoms with Gasteiger partial charge in [0, 0.05) is 5.92 Å². The molecule has 1 aromatic heterocycles. The minimum Gasteiger partial charge on any atom is -0.308 e. The molecule has 2 N–H and O–H groups in total. The molecule has 104 valence electrons. The van der Waals surface area contributed by atoms with Crippen molar-refractivity contribution >= 4 is 24.1 Å². The topological polar surface area (TPSA) is 66.9 Å². The lowest BCUT2D eigenvalue weighted by molar-refractivity contribution is -0.118. The first-order valence-corrected chi connectivity index (χ1v) is 6.69. The summed E-state index contributed by atoms with van der Waals surface area (Å²) in [6.07, 6.45) is 9.03. The van der Waals surface area contributed by atoms with Gasteiger partial charge in [0.05, 0.1) is 24.1 Å². The normalized spacial score (nSPS) is 22.4. The Kier molecular flexibility index (Phi) is 4.71. The molecule has 1 saturated heterocycles. The molecule has 1 amide bonds. The van der Waals surface area contributed by atoms with Crippen molar-refractivity contribution in [2.75, 3.05) is 11.9 Å². The van der Waals surface area contributed by atoms with Gasteiger partial charge in [0.1, 0.15) is 0 Å². The van der Waals surface area contributed by atoms with Crippen LogP contribution in [0, 0.1) is 0 Å². The van der Waals surface area contributed by atoms with E-state index in [2.05, 4.69) is 20.6 Å². The van der Waals surface area contributed by atoms with Gasteiger partial charge in [-0.2, -0.15) is 0 Å². The maximum absolute atomic E-state index is 12.0. The fourth-order valence-corrected chi connectivity index (χ4v) is 2.28. The average Bonchev–Trinajstić information content (AvgIpc) is 3.25. The van der Waals surface area contributed by atoms with Crippen LogP contribution < -0.4 is 10.6 Å². The number of nitrogens with zero attached hydrogens (tertiary/aromatic N) is 2. The van der Waals surface area contributed by atoms with Crippen molar-refractivity contribution in [3.63, 3.8) is 0 Å². The van der Waals surface area contributed by atoms with Gasteiger partial charge in [-0.15, -0.1) is 12.4 Å². The lowest BCUT2D eigenvalue weighted by Gasteiger charge is -2.22. The molecule has 0 aromatic carbocycles. The van der Waals surface area contributed by atoms with Gasteiger partial charge in [-0.1, -0.05) is 6.42 Å². The van der Waals surface area contributed by atoms with Gasteiger partial charge in [0.25, 0.3) is 0 Å². The molecule has 0 bridgehead atoms. The number of nitrogens with one attached hydrogen (secondary N) is 2. The third-order valence-electron chi connectivity index (χ3n) is 3.55. The van der Waals surface area contributed by atoms with Crippen LogP contribution in [-0.4, -0.2) is 28.5 Å². The monoisotopic (exact) mass is 282 g/mol. The highest BCUT2D eigenvalue weighted by molar-refractivity contribution is 5.93. The van der Waals surface area contributed by atoms with Crippen LogP contribution in [0.25, 0.3) is 0 Å². The maximum Gasteiger partial charge on any atom is 0.242 e. The van der Waals surface area contributed by atoms with E-state index in [0.717, 1.165) is 31.5 Å². The van der Waals surface area contributed by atoms with Crippen molar-refractivity contribution in [2.45, 2.75) is 44.1 Å². The summed E-state index contributed by atoms with van der Waals surface area (Å²) in [6.45, 7) is 0.921. The van der Waals surface area contributed by atoms with Crippen LogP contribution in [0.2, 0.25) is 0 Å². The van der Waals surface area contributed by atoms with E-state index < -0.39 is 0 Å². The quantitative estimate of drug-likeness (QED) is 0.888. The number of aromatic nitrogens is 2. The van der Waals surface area contributed by atoms with Gasteiger partial charge in [-0.05, 0) is 32.2 Å². The van der Waals surface area contributed by atoms with Crippen LogP contribution in [0.5, 0.6) is 0 Å². The molecule has 19 heavy (non-hydrogen) atoms. The molecule has 1 saturated carbocycles. The van der Waals surface area contributed by atoms with Crippen molar-refractivity contribution in [3.05, 3.63) is 18.1 Å². The third kappa shape index (κ3) is 3.64. The van der Waals surface area contributed by atoms with Crippen molar-refractivity contribution in [3.8, 4) is 0 Å². The van der Waals surface area contributed by atoms with Crippen molar-refractivity contribution in [2.24, 2.45) is 0 Å². The molecule has 0 radical (unpaired) electrons. The van der Waals surface area contributed by atoms with E-state index in [4.69, 9.17) is 0 Å². The molecule has 0 spiro atoms. The molecule has 2 aliphatic rings. The minimum absolute atomic E-state index is 0. The Hall–Kier alpha value is -1.20. The summed E-state index contributed by atoms with van der Waals surface area (Å²) in [5.74, 6) is 1.15. The van der Waals surface area contributed by atoms with E-state index in [1.807, 2.05) is 0 Å². The summed E-state index contributed by atoms with van der Waals surface area (Å²) >= 11 is 0. The Balaban J connectivity index is 0.00000133. The number of piperidine rings is 1. The Morgan fingerprint density at radius 2 is 2.05 bits per heavy atom. The average molecular weight is 283 g/mol. The third-order valence-corrected chi connectivity index (χ3v) is 3.55. The highest BCUT2D eigenvalue weighted by Gasteiger charge is 2.25. The second-order valence-electron chi connectivity index (χ2n) is 5.09. The van der Waals surface area contributed by atoms with Crippen LogP contribution in [0.15, 0.2) is 12.4 Å². The van der Waals surface area contributed by atoms with Gasteiger partial charge < -0.3 is 10.6 Å². The molecule has 5 nitrogen and oxygen atoms in total. The fourth-order valence-electron chi connectivity index (χ4n) is 2.28. The van der Waals surface area contributed by atoms with Crippen molar-refractivity contribution in [1.29, 1.82) is 0 Å². The largest absolute Gasteiger partial charge is 0.308 e. The Bertz CT molecular complexity index is 427. The van der Waals surface area contributed by atoms with Crippen LogP contribution in [0.1, 0.15) is 43.7 Å². The molecule has 0 unspecified atom stereocenters. The standard InChI is InChI=1S/C13H18N4O.ClH/c18-13(10-3-1-2-6-14-10)17-12-8-15-11(7-16-12)9-4-5-9;/h7-10,14H,1-6H2,(H,16,17,18);1H/t10-;/m1./s1. The van der Waals surface area contributed by atoms with E-state index in [-0.39, 0.29) is 24.4 Å². The Labute approximate surface area is 119 Å². The number of halogens is 1. The summed E-state index contributed by atoms with van der Waals surface area (Å²) in [5, 5.41) is 6.04. The van der Waals surface area contributed by atoms with Crippen LogP contribution in [0.4, 0.5) is 5.82 Å². The van der Waals surface area contributed by atoms with Crippen molar-refractivity contribution in [1.82, 2.24) is 15.3 Å². The zero-order chi connectivity index (χ0) is 12.4. The molecular weight excluding hydrogens is 264 g/mol. The van der Waals surface area contributed by atoms with Crippen LogP contribution >= 0.6 is 12.4 Å². The fraction of sp³-hybridized carbons (Fsp3) is 0.615. The summed E-state index contributed by atoms with van der Waals surface area (Å²) in [6, 6.07) is -0.0799. The molecule has 1 atom stereocenters. The van der Waals surface area contributed by atoms with Gasteiger partial charge in [-0.3, -0.25) is 9.78 Å². The number of rotatable bonds is 3. The SMILES string of the molecule is Cl.O=C(Nc1cnc(C2CC2)cn1)[C@H]1CCCCN1. The number of carbonyl (C=O) groups excluding carboxylic acids is 1. The zero-order valence-corrected chi connectivity index (χ0v) is 11.6. The summed E-state index contributed by atoms with van der Waals surface area (Å²) < 4.78 is 0. The Morgan fingerprint density at radius 1 is 1.21 bits per heavy atom. The predicted octanol–water partition coefficient (Wildman–Crippen LogP) is 1.86. The molecule has 3 rings (SSSR count). The molecule has 1 aliphatic heterocycles. The summed E-state index contributed by atoms with van der Waals surface area (Å²) in [4.78, 5) is 20.6. The first-order valence-electron chi connectivity index (χ1n) is 6.69. The lowest BCUT2D eigenvalue weighted by atomic mass is 10.0. The first-order chi connectivity index (χ1) is 8.83. The van der Waals surface area contributed by atoms with E-state index in [0.29, 0.717) is 11.7 Å². The first kappa shape index (κ1) is 14.2. The number of anilines is 1. The number of hydrogen-bond acceptors (Lipinski definition) is 4. The van der Waals surface area contributed by atoms with E-state index in [1.54, 1.807) is 12.4 Å². The molecule has 6 heteroatoms. The highest BCUT2D eigenvalue weighted by Crippen LogP contribution is 2.38. The van der Waals surface area contributed by atoms with Crippen LogP contribution in [-0.2, 0) is 4.79 Å². The van der Waals surface area contributed by atoms with Crippen molar-refractivity contribution < 1.29 is 4.79 Å². The summed E-state index contributed by atoms with van der Waals surface area (Å²) in [7, 11) is 0. The number of hydrogen-bond donors (Lipinski definition) is 2. The highest BCUT2D eigenvalue weighted by atomic mass is 35.5. The smallest absolute Gasteiger partial charge is 0.242 e. The summed E-state index contributed by atoms with van der Waals surface area (Å²) in [5.41, 5.74) is 1.05. The van der Waals surface area contributed by atoms with Gasteiger partial charge >= 0.3 is 0 Å². The predicted molar refractivity (Wildman–Crippen MR) is 75.5 cm³/mol. The van der Waals surface area contributed by atoms with Crippen LogP contribution in [0.3, 0.4) is 0 Å². The Morgan fingerprint density at radius 3 is 2.63 bits per heavy atom. The maximum atomic E-state index is 12.0. The zero-order valence-electron chi connectivity index (χ0n) is 10.8. The molecular formula is C13H19ClN4O. The molecule has 1 aromatic rings. The number of carbonyl (C=O) groups is 1. The second-order valence-corrected chi connectivity index (χ2v) is 5.09. The lowest BCUT2D eigenvalue weighted by Crippen LogP contribution is -2.43. The molecule has 2 heterocycles. The second kappa shape index (κ2) is 6.30. The van der Waals surface area contributed by atoms with Gasteiger partial charge in [0.2, 0.25) is 5.91 Å². The molecule has 1 aliphatic carbocycles. The van der Waals surface area contributed by atoms with E-state index in [1.165, 1.54) is 12.8 Å². The van der Waals surface area contributed by atoms with Gasteiger partial charge in [0.15, 0.2) is 5.82 Å².